The lowest BCUT2D eigenvalue weighted by atomic mass is 10.1. The molecule has 0 saturated carbocycles. The molecule has 33 heavy (non-hydrogen) atoms. The summed E-state index contributed by atoms with van der Waals surface area (Å²) < 4.78 is 33.8. The molecule has 0 aliphatic rings. The molecule has 3 aromatic rings. The average Bonchev–Trinajstić information content (AvgIpc) is 2.85. The molecule has 1 unspecified atom stereocenters. The minimum atomic E-state index is -1.44. The van der Waals surface area contributed by atoms with Crippen LogP contribution in [0.5, 0.6) is 23.0 Å². The maximum atomic E-state index is 13.0. The second-order valence-corrected chi connectivity index (χ2v) is 7.97. The van der Waals surface area contributed by atoms with Crippen LogP contribution in [-0.2, 0) is 10.8 Å². The van der Waals surface area contributed by atoms with E-state index >= 15 is 0 Å². The van der Waals surface area contributed by atoms with Crippen LogP contribution in [0.4, 0.5) is 0 Å². The van der Waals surface area contributed by atoms with E-state index in [0.29, 0.717) is 28.6 Å². The van der Waals surface area contributed by atoms with Gasteiger partial charge in [-0.15, -0.1) is 0 Å². The van der Waals surface area contributed by atoms with Crippen molar-refractivity contribution >= 4 is 16.7 Å². The quantitative estimate of drug-likeness (QED) is 0.355. The van der Waals surface area contributed by atoms with Crippen LogP contribution in [0.15, 0.2) is 53.8 Å². The molecular weight excluding hydrogens is 446 g/mol. The molecule has 0 fully saturated rings. The lowest BCUT2D eigenvalue weighted by Crippen LogP contribution is -2.29. The van der Waals surface area contributed by atoms with Gasteiger partial charge in [0.2, 0.25) is 10.9 Å². The van der Waals surface area contributed by atoms with Crippen LogP contribution >= 0.6 is 0 Å². The Morgan fingerprint density at radius 3 is 2.27 bits per heavy atom. The molecular formula is C23H25N3O6S. The van der Waals surface area contributed by atoms with Crippen LogP contribution in [0.1, 0.15) is 10.4 Å². The molecule has 174 valence electrons. The van der Waals surface area contributed by atoms with Crippen molar-refractivity contribution in [2.75, 3.05) is 40.7 Å². The van der Waals surface area contributed by atoms with Crippen molar-refractivity contribution in [2.24, 2.45) is 0 Å². The highest BCUT2D eigenvalue weighted by Gasteiger charge is 2.21. The third kappa shape index (κ3) is 5.78. The van der Waals surface area contributed by atoms with E-state index < -0.39 is 16.7 Å². The van der Waals surface area contributed by atoms with Gasteiger partial charge >= 0.3 is 0 Å². The van der Waals surface area contributed by atoms with Gasteiger partial charge in [-0.3, -0.25) is 9.00 Å². The molecule has 1 amide bonds. The van der Waals surface area contributed by atoms with Crippen molar-refractivity contribution in [1.29, 1.82) is 0 Å². The SMILES string of the molecule is COc1cc(-c2nc(S(C)=O)ncc2C(=O)NCCOc2ccccc2)cc(OC)c1OC. The predicted molar refractivity (Wildman–Crippen MR) is 124 cm³/mol. The molecule has 10 heteroatoms. The molecule has 0 radical (unpaired) electrons. The molecule has 0 bridgehead atoms. The van der Waals surface area contributed by atoms with Crippen molar-refractivity contribution in [2.45, 2.75) is 5.16 Å². The molecule has 1 N–H and O–H groups in total. The zero-order valence-electron chi connectivity index (χ0n) is 18.8. The molecule has 0 aliphatic heterocycles. The van der Waals surface area contributed by atoms with E-state index in [1.807, 2.05) is 30.3 Å². The Bertz CT molecular complexity index is 1120. The lowest BCUT2D eigenvalue weighted by molar-refractivity contribution is 0.0946. The highest BCUT2D eigenvalue weighted by Crippen LogP contribution is 2.41. The van der Waals surface area contributed by atoms with Gasteiger partial charge in [0, 0.05) is 18.0 Å². The summed E-state index contributed by atoms with van der Waals surface area (Å²) in [6, 6.07) is 12.6. The van der Waals surface area contributed by atoms with Crippen molar-refractivity contribution in [1.82, 2.24) is 15.3 Å². The fraction of sp³-hybridized carbons (Fsp3) is 0.261. The largest absolute Gasteiger partial charge is 0.493 e. The fourth-order valence-electron chi connectivity index (χ4n) is 3.05. The Morgan fingerprint density at radius 2 is 1.70 bits per heavy atom. The standard InChI is InChI=1S/C23H25N3O6S/c1-29-18-12-15(13-19(30-2)21(18)31-3)20-17(14-25-23(26-20)33(4)28)22(27)24-10-11-32-16-8-6-5-7-9-16/h5-9,12-14H,10-11H2,1-4H3,(H,24,27). The Kier molecular flexibility index (Phi) is 8.20. The van der Waals surface area contributed by atoms with Crippen molar-refractivity contribution in [3.05, 3.63) is 54.2 Å². The fourth-order valence-corrected chi connectivity index (χ4v) is 3.47. The normalized spacial score (nSPS) is 11.4. The van der Waals surface area contributed by atoms with E-state index in [-0.39, 0.29) is 29.6 Å². The maximum Gasteiger partial charge on any atom is 0.255 e. The number of hydrogen-bond donors (Lipinski definition) is 1. The Balaban J connectivity index is 1.90. The molecule has 0 aliphatic carbocycles. The van der Waals surface area contributed by atoms with Crippen LogP contribution in [0.2, 0.25) is 0 Å². The first-order chi connectivity index (χ1) is 16.0. The molecule has 3 rings (SSSR count). The van der Waals surface area contributed by atoms with Gasteiger partial charge < -0.3 is 24.3 Å². The van der Waals surface area contributed by atoms with Crippen LogP contribution < -0.4 is 24.3 Å². The number of nitrogens with zero attached hydrogens (tertiary/aromatic N) is 2. The number of nitrogens with one attached hydrogen (secondary N) is 1. The van der Waals surface area contributed by atoms with Gasteiger partial charge in [0.1, 0.15) is 12.4 Å². The number of carbonyl (C=O) groups excluding carboxylic acids is 1. The summed E-state index contributed by atoms with van der Waals surface area (Å²) >= 11 is 0. The van der Waals surface area contributed by atoms with Gasteiger partial charge in [0.25, 0.3) is 5.91 Å². The van der Waals surface area contributed by atoms with Gasteiger partial charge in [-0.05, 0) is 24.3 Å². The predicted octanol–water partition coefficient (Wildman–Crippen LogP) is 2.72. The highest BCUT2D eigenvalue weighted by atomic mass is 32.2. The minimum Gasteiger partial charge on any atom is -0.493 e. The van der Waals surface area contributed by atoms with Crippen molar-refractivity contribution < 1.29 is 28.0 Å². The number of benzene rings is 2. The number of ether oxygens (including phenoxy) is 4. The summed E-state index contributed by atoms with van der Waals surface area (Å²) in [5, 5.41) is 2.90. The van der Waals surface area contributed by atoms with Crippen LogP contribution in [0.25, 0.3) is 11.3 Å². The van der Waals surface area contributed by atoms with E-state index in [9.17, 15) is 9.00 Å². The first-order valence-electron chi connectivity index (χ1n) is 9.95. The number of carbonyl (C=O) groups is 1. The number of aromatic nitrogens is 2. The second-order valence-electron chi connectivity index (χ2n) is 6.70. The number of rotatable bonds is 10. The first kappa shape index (κ1) is 24.0. The molecule has 2 aromatic carbocycles. The zero-order valence-corrected chi connectivity index (χ0v) is 19.6. The Morgan fingerprint density at radius 1 is 1.03 bits per heavy atom. The maximum absolute atomic E-state index is 13.0. The third-order valence-corrected chi connectivity index (χ3v) is 5.32. The molecule has 0 spiro atoms. The smallest absolute Gasteiger partial charge is 0.255 e. The summed E-state index contributed by atoms with van der Waals surface area (Å²) in [5.41, 5.74) is 1.01. The van der Waals surface area contributed by atoms with Crippen LogP contribution in [0.3, 0.4) is 0 Å². The minimum absolute atomic E-state index is 0.0997. The van der Waals surface area contributed by atoms with Gasteiger partial charge in [0.15, 0.2) is 11.5 Å². The molecule has 1 atom stereocenters. The molecule has 1 aromatic heterocycles. The van der Waals surface area contributed by atoms with Crippen LogP contribution in [0, 0.1) is 0 Å². The molecule has 0 saturated heterocycles. The van der Waals surface area contributed by atoms with E-state index in [4.69, 9.17) is 18.9 Å². The second kappa shape index (κ2) is 11.3. The van der Waals surface area contributed by atoms with Gasteiger partial charge in [-0.1, -0.05) is 18.2 Å². The van der Waals surface area contributed by atoms with E-state index in [1.165, 1.54) is 33.8 Å². The summed E-state index contributed by atoms with van der Waals surface area (Å²) in [6.07, 6.45) is 2.82. The van der Waals surface area contributed by atoms with E-state index in [1.54, 1.807) is 12.1 Å². The number of hydrogen-bond acceptors (Lipinski definition) is 8. The molecule has 9 nitrogen and oxygen atoms in total. The van der Waals surface area contributed by atoms with Gasteiger partial charge in [0.05, 0.1) is 49.9 Å². The number of methoxy groups -OCH3 is 3. The zero-order chi connectivity index (χ0) is 23.8. The summed E-state index contributed by atoms with van der Waals surface area (Å²) in [4.78, 5) is 21.4. The third-order valence-electron chi connectivity index (χ3n) is 4.61. The summed E-state index contributed by atoms with van der Waals surface area (Å²) in [7, 11) is 3.04. The van der Waals surface area contributed by atoms with E-state index in [0.717, 1.165) is 0 Å². The molecule has 1 heterocycles. The first-order valence-corrected chi connectivity index (χ1v) is 11.5. The summed E-state index contributed by atoms with van der Waals surface area (Å²) in [5.74, 6) is 1.51. The van der Waals surface area contributed by atoms with Crippen molar-refractivity contribution in [3.63, 3.8) is 0 Å². The number of para-hydroxylation sites is 1. The van der Waals surface area contributed by atoms with E-state index in [2.05, 4.69) is 15.3 Å². The Labute approximate surface area is 194 Å². The van der Waals surface area contributed by atoms with Crippen molar-refractivity contribution in [3.8, 4) is 34.3 Å². The van der Waals surface area contributed by atoms with Crippen LogP contribution in [-0.4, -0.2) is 60.8 Å². The monoisotopic (exact) mass is 471 g/mol. The number of amides is 1. The van der Waals surface area contributed by atoms with Gasteiger partial charge in [-0.2, -0.15) is 0 Å². The highest BCUT2D eigenvalue weighted by molar-refractivity contribution is 7.84. The van der Waals surface area contributed by atoms with Gasteiger partial charge in [-0.25, -0.2) is 9.97 Å². The Hall–Kier alpha value is -3.66. The lowest BCUT2D eigenvalue weighted by Gasteiger charge is -2.16. The average molecular weight is 472 g/mol. The topological polar surface area (TPSA) is 109 Å². The summed E-state index contributed by atoms with van der Waals surface area (Å²) in [6.45, 7) is 0.553.